The predicted octanol–water partition coefficient (Wildman–Crippen LogP) is 20.3. The minimum Gasteiger partial charge on any atom is -0.455 e. The number of rotatable bonds is 9. The molecule has 3 aromatic heterocycles. The Morgan fingerprint density at radius 3 is 1.56 bits per heavy atom. The number of para-hydroxylation sites is 4. The van der Waals surface area contributed by atoms with Crippen molar-refractivity contribution in [2.75, 3.05) is 9.80 Å². The summed E-state index contributed by atoms with van der Waals surface area (Å²) in [5.41, 5.74) is 15.2. The average molecular weight is 943 g/mol. The Kier molecular flexibility index (Phi) is 9.90. The number of hydrogen-bond donors (Lipinski definition) is 0. The Labute approximate surface area is 419 Å². The third kappa shape index (κ3) is 7.08. The molecule has 3 nitrogen and oxygen atoms in total. The van der Waals surface area contributed by atoms with E-state index < -0.39 is 0 Å². The molecule has 3 heterocycles. The second kappa shape index (κ2) is 17.0. The summed E-state index contributed by atoms with van der Waals surface area (Å²) >= 11 is 3.72. The molecule has 11 aromatic carbocycles. The number of fused-ring (bicyclic) bond motifs is 9. The molecule has 334 valence electrons. The lowest BCUT2D eigenvalue weighted by molar-refractivity contribution is 0.670. The summed E-state index contributed by atoms with van der Waals surface area (Å²) in [6.07, 6.45) is 0. The molecule has 0 unspecified atom stereocenters. The minimum atomic E-state index is 0.878. The normalized spacial score (nSPS) is 11.7. The molecule has 5 heteroatoms. The van der Waals surface area contributed by atoms with Crippen LogP contribution < -0.4 is 9.80 Å². The van der Waals surface area contributed by atoms with Crippen molar-refractivity contribution in [3.8, 4) is 33.4 Å². The molecule has 71 heavy (non-hydrogen) atoms. The van der Waals surface area contributed by atoms with Crippen LogP contribution in [0.4, 0.5) is 34.1 Å². The number of thiophene rings is 2. The van der Waals surface area contributed by atoms with Crippen LogP contribution in [-0.4, -0.2) is 0 Å². The third-order valence-corrected chi connectivity index (χ3v) is 16.1. The molecule has 0 aliphatic carbocycles. The van der Waals surface area contributed by atoms with Crippen molar-refractivity contribution < 1.29 is 4.42 Å². The Hall–Kier alpha value is -8.74. The van der Waals surface area contributed by atoms with E-state index in [0.29, 0.717) is 0 Å². The van der Waals surface area contributed by atoms with Crippen LogP contribution in [0.2, 0.25) is 0 Å². The van der Waals surface area contributed by atoms with Crippen molar-refractivity contribution in [1.29, 1.82) is 0 Å². The van der Waals surface area contributed by atoms with E-state index in [1.54, 1.807) is 0 Å². The first-order chi connectivity index (χ1) is 35.2. The van der Waals surface area contributed by atoms with Gasteiger partial charge in [0.05, 0.1) is 10.4 Å². The zero-order valence-corrected chi connectivity index (χ0v) is 40.0. The highest BCUT2D eigenvalue weighted by Gasteiger charge is 2.24. The van der Waals surface area contributed by atoms with Crippen molar-refractivity contribution in [3.63, 3.8) is 0 Å². The maximum absolute atomic E-state index is 6.71. The van der Waals surface area contributed by atoms with E-state index >= 15 is 0 Å². The first kappa shape index (κ1) is 41.3. The van der Waals surface area contributed by atoms with Crippen LogP contribution >= 0.6 is 22.7 Å². The van der Waals surface area contributed by atoms with Crippen LogP contribution in [0.3, 0.4) is 0 Å². The fourth-order valence-corrected chi connectivity index (χ4v) is 12.9. The van der Waals surface area contributed by atoms with Crippen molar-refractivity contribution in [1.82, 2.24) is 0 Å². The topological polar surface area (TPSA) is 19.6 Å². The lowest BCUT2D eigenvalue weighted by Gasteiger charge is -2.27. The molecule has 0 N–H and O–H groups in total. The van der Waals surface area contributed by atoms with Gasteiger partial charge in [-0.25, -0.2) is 0 Å². The number of anilines is 6. The number of benzene rings is 11. The van der Waals surface area contributed by atoms with Crippen LogP contribution in [0.25, 0.3) is 95.7 Å². The predicted molar refractivity (Wildman–Crippen MR) is 305 cm³/mol. The molecule has 0 aliphatic rings. The van der Waals surface area contributed by atoms with E-state index in [1.807, 2.05) is 22.7 Å². The van der Waals surface area contributed by atoms with Crippen molar-refractivity contribution in [2.24, 2.45) is 0 Å². The minimum absolute atomic E-state index is 0.878. The second-order valence-electron chi connectivity index (χ2n) is 18.0. The van der Waals surface area contributed by atoms with Crippen LogP contribution in [0, 0.1) is 0 Å². The molecule has 0 aliphatic heterocycles. The smallest absolute Gasteiger partial charge is 0.143 e. The standard InChI is InChI=1S/C66H42N2OS2/c1-5-20-43(21-6-1)56-40-50(41-57-52-30-13-16-33-60(52)69-65(56)57)68(49-28-11-4-12-29-49)59-38-46(37-58-53-31-14-17-34-61(53)71-66(58)59)44-22-19-23-45(36-44)55-39-51(42-63-64(55)54-32-15-18-35-62(54)70-63)67(47-24-7-2-8-25-47)48-26-9-3-10-27-48/h1-42H. The van der Waals surface area contributed by atoms with Crippen molar-refractivity contribution >= 4 is 119 Å². The van der Waals surface area contributed by atoms with E-state index in [4.69, 9.17) is 4.42 Å². The molecule has 0 saturated heterocycles. The van der Waals surface area contributed by atoms with Gasteiger partial charge < -0.3 is 14.2 Å². The molecule has 14 rings (SSSR count). The Balaban J connectivity index is 1.01. The monoisotopic (exact) mass is 942 g/mol. The lowest BCUT2D eigenvalue weighted by atomic mass is 9.94. The molecule has 0 saturated carbocycles. The summed E-state index contributed by atoms with van der Waals surface area (Å²) in [4.78, 5) is 4.84. The van der Waals surface area contributed by atoms with Gasteiger partial charge in [0.25, 0.3) is 0 Å². The van der Waals surface area contributed by atoms with Gasteiger partial charge in [-0.2, -0.15) is 0 Å². The van der Waals surface area contributed by atoms with Gasteiger partial charge in [0, 0.05) is 80.4 Å². The summed E-state index contributed by atoms with van der Waals surface area (Å²) in [6, 6.07) is 92.5. The van der Waals surface area contributed by atoms with Gasteiger partial charge in [-0.15, -0.1) is 22.7 Å². The highest BCUT2D eigenvalue weighted by atomic mass is 32.1. The lowest BCUT2D eigenvalue weighted by Crippen LogP contribution is -2.10. The fourth-order valence-electron chi connectivity index (χ4n) is 10.6. The molecular formula is C66H42N2OS2. The van der Waals surface area contributed by atoms with E-state index in [2.05, 4.69) is 265 Å². The first-order valence-electron chi connectivity index (χ1n) is 24.0. The number of nitrogens with zero attached hydrogens (tertiary/aromatic N) is 2. The van der Waals surface area contributed by atoms with Gasteiger partial charge in [0.15, 0.2) is 0 Å². The Bertz CT molecular complexity index is 4250. The van der Waals surface area contributed by atoms with Gasteiger partial charge >= 0.3 is 0 Å². The highest BCUT2D eigenvalue weighted by Crippen LogP contribution is 2.51. The van der Waals surface area contributed by atoms with Crippen molar-refractivity contribution in [2.45, 2.75) is 0 Å². The fraction of sp³-hybridized carbons (Fsp3) is 0. The first-order valence-corrected chi connectivity index (χ1v) is 25.6. The molecule has 0 fully saturated rings. The zero-order valence-electron chi connectivity index (χ0n) is 38.4. The summed E-state index contributed by atoms with van der Waals surface area (Å²) in [6.45, 7) is 0. The maximum atomic E-state index is 6.71. The quantitative estimate of drug-likeness (QED) is 0.144. The average Bonchev–Trinajstić information content (AvgIpc) is 4.14. The van der Waals surface area contributed by atoms with E-state index in [-0.39, 0.29) is 0 Å². The third-order valence-electron chi connectivity index (χ3n) is 13.8. The van der Waals surface area contributed by atoms with Crippen LogP contribution in [0.5, 0.6) is 0 Å². The van der Waals surface area contributed by atoms with Crippen LogP contribution in [0.15, 0.2) is 259 Å². The van der Waals surface area contributed by atoms with Gasteiger partial charge in [-0.05, 0) is 125 Å². The molecular weight excluding hydrogens is 901 g/mol. The van der Waals surface area contributed by atoms with Gasteiger partial charge in [-0.3, -0.25) is 0 Å². The summed E-state index contributed by atoms with van der Waals surface area (Å²) in [5.74, 6) is 0. The van der Waals surface area contributed by atoms with Crippen LogP contribution in [-0.2, 0) is 0 Å². The number of furan rings is 1. The largest absolute Gasteiger partial charge is 0.455 e. The molecule has 0 bridgehead atoms. The molecule has 0 atom stereocenters. The van der Waals surface area contributed by atoms with E-state index in [9.17, 15) is 0 Å². The summed E-state index contributed by atoms with van der Waals surface area (Å²) in [5, 5.41) is 7.22. The van der Waals surface area contributed by atoms with Gasteiger partial charge in [0.1, 0.15) is 11.2 Å². The molecule has 0 radical (unpaired) electrons. The molecule has 14 aromatic rings. The van der Waals surface area contributed by atoms with E-state index in [1.165, 1.54) is 51.5 Å². The number of hydrogen-bond acceptors (Lipinski definition) is 5. The van der Waals surface area contributed by atoms with E-state index in [0.717, 1.165) is 78.3 Å². The Morgan fingerprint density at radius 1 is 0.296 bits per heavy atom. The summed E-state index contributed by atoms with van der Waals surface area (Å²) < 4.78 is 11.7. The maximum Gasteiger partial charge on any atom is 0.143 e. The van der Waals surface area contributed by atoms with Crippen molar-refractivity contribution in [3.05, 3.63) is 255 Å². The van der Waals surface area contributed by atoms with Gasteiger partial charge in [0.2, 0.25) is 0 Å². The highest BCUT2D eigenvalue weighted by molar-refractivity contribution is 7.26. The second-order valence-corrected chi connectivity index (χ2v) is 20.2. The van der Waals surface area contributed by atoms with Crippen LogP contribution in [0.1, 0.15) is 0 Å². The SMILES string of the molecule is c1ccc(-c2cc(N(c3ccccc3)c3cc(-c4cccc(-c5cc(N(c6ccccc6)c6ccccc6)cc6sc7ccccc7c56)c4)cc4c3sc3ccccc34)cc3c2oc2ccccc23)cc1. The molecule has 0 spiro atoms. The van der Waals surface area contributed by atoms with Gasteiger partial charge in [-0.1, -0.05) is 158 Å². The Morgan fingerprint density at radius 2 is 0.845 bits per heavy atom. The zero-order chi connectivity index (χ0) is 46.8. The summed E-state index contributed by atoms with van der Waals surface area (Å²) in [7, 11) is 0. The molecule has 0 amide bonds.